The lowest BCUT2D eigenvalue weighted by atomic mass is 10.1. The third-order valence-electron chi connectivity index (χ3n) is 2.15. The van der Waals surface area contributed by atoms with Crippen LogP contribution in [-0.4, -0.2) is 20.4 Å². The summed E-state index contributed by atoms with van der Waals surface area (Å²) >= 11 is 2.57. The summed E-state index contributed by atoms with van der Waals surface area (Å²) in [5.41, 5.74) is 1.38. The van der Waals surface area contributed by atoms with Crippen LogP contribution in [0.3, 0.4) is 0 Å². The molecule has 0 radical (unpaired) electrons. The van der Waals surface area contributed by atoms with Gasteiger partial charge in [-0.3, -0.25) is 4.79 Å². The summed E-state index contributed by atoms with van der Waals surface area (Å²) in [4.78, 5) is 16.1. The Labute approximate surface area is 98.7 Å². The van der Waals surface area contributed by atoms with E-state index >= 15 is 0 Å². The van der Waals surface area contributed by atoms with Gasteiger partial charge < -0.3 is 0 Å². The molecule has 0 spiro atoms. The summed E-state index contributed by atoms with van der Waals surface area (Å²) < 4.78 is 4.67. The molecule has 16 heavy (non-hydrogen) atoms. The lowest BCUT2D eigenvalue weighted by Crippen LogP contribution is -2.00. The van der Waals surface area contributed by atoms with Crippen LogP contribution in [-0.2, 0) is 0 Å². The van der Waals surface area contributed by atoms with Crippen molar-refractivity contribution in [3.63, 3.8) is 0 Å². The van der Waals surface area contributed by atoms with Gasteiger partial charge in [0.25, 0.3) is 0 Å². The highest BCUT2D eigenvalue weighted by atomic mass is 32.1. The standard InChI is InChI=1S/C10H5N3OS2/c14-8(10-11-4-5-15-10)6-2-1-3-7-9(6)16-13-12-7/h1-5H. The van der Waals surface area contributed by atoms with Crippen molar-refractivity contribution in [2.45, 2.75) is 0 Å². The SMILES string of the molecule is O=C(c1nccs1)c1cccc2nnsc12. The predicted octanol–water partition coefficient (Wildman–Crippen LogP) is 2.38. The Hall–Kier alpha value is -1.66. The van der Waals surface area contributed by atoms with Crippen LogP contribution >= 0.6 is 22.9 Å². The third-order valence-corrected chi connectivity index (χ3v) is 3.69. The minimum absolute atomic E-state index is 0.0633. The maximum Gasteiger partial charge on any atom is 0.223 e. The van der Waals surface area contributed by atoms with Crippen LogP contribution in [0.25, 0.3) is 10.2 Å². The van der Waals surface area contributed by atoms with Gasteiger partial charge in [-0.05, 0) is 23.7 Å². The lowest BCUT2D eigenvalue weighted by Gasteiger charge is -1.97. The monoisotopic (exact) mass is 247 g/mol. The zero-order valence-electron chi connectivity index (χ0n) is 7.95. The van der Waals surface area contributed by atoms with Gasteiger partial charge in [-0.15, -0.1) is 16.4 Å². The van der Waals surface area contributed by atoms with Crippen molar-refractivity contribution in [1.82, 2.24) is 14.6 Å². The number of rotatable bonds is 2. The quantitative estimate of drug-likeness (QED) is 0.652. The van der Waals surface area contributed by atoms with Crippen LogP contribution in [0.15, 0.2) is 29.8 Å². The summed E-state index contributed by atoms with van der Waals surface area (Å²) in [5.74, 6) is -0.0633. The average molecular weight is 247 g/mol. The van der Waals surface area contributed by atoms with E-state index in [0.29, 0.717) is 10.6 Å². The second-order valence-corrected chi connectivity index (χ2v) is 4.74. The van der Waals surface area contributed by atoms with E-state index in [1.807, 2.05) is 12.1 Å². The maximum absolute atomic E-state index is 12.1. The molecule has 0 bridgehead atoms. The van der Waals surface area contributed by atoms with Crippen LogP contribution in [0.4, 0.5) is 0 Å². The van der Waals surface area contributed by atoms with E-state index in [-0.39, 0.29) is 5.78 Å². The number of fused-ring (bicyclic) bond motifs is 1. The number of hydrogen-bond donors (Lipinski definition) is 0. The Morgan fingerprint density at radius 2 is 2.25 bits per heavy atom. The van der Waals surface area contributed by atoms with E-state index in [0.717, 1.165) is 10.2 Å². The Kier molecular flexibility index (Phi) is 2.23. The van der Waals surface area contributed by atoms with Crippen LogP contribution in [0.2, 0.25) is 0 Å². The normalized spacial score (nSPS) is 10.8. The Morgan fingerprint density at radius 3 is 3.06 bits per heavy atom. The highest BCUT2D eigenvalue weighted by Gasteiger charge is 2.16. The van der Waals surface area contributed by atoms with E-state index in [4.69, 9.17) is 0 Å². The largest absolute Gasteiger partial charge is 0.286 e. The molecule has 0 fully saturated rings. The Balaban J connectivity index is 2.19. The van der Waals surface area contributed by atoms with Gasteiger partial charge in [-0.2, -0.15) is 0 Å². The first-order chi connectivity index (χ1) is 7.86. The number of nitrogens with zero attached hydrogens (tertiary/aromatic N) is 3. The summed E-state index contributed by atoms with van der Waals surface area (Å²) in [5, 5.41) is 6.23. The summed E-state index contributed by atoms with van der Waals surface area (Å²) in [6, 6.07) is 5.44. The fourth-order valence-electron chi connectivity index (χ4n) is 1.43. The molecule has 0 saturated heterocycles. The fourth-order valence-corrected chi connectivity index (χ4v) is 2.70. The molecule has 0 aliphatic heterocycles. The Morgan fingerprint density at radius 1 is 1.31 bits per heavy atom. The second-order valence-electron chi connectivity index (χ2n) is 3.09. The van der Waals surface area contributed by atoms with Gasteiger partial charge in [-0.1, -0.05) is 10.6 Å². The van der Waals surface area contributed by atoms with E-state index in [9.17, 15) is 4.79 Å². The topological polar surface area (TPSA) is 55.7 Å². The predicted molar refractivity (Wildman–Crippen MR) is 63.0 cm³/mol. The average Bonchev–Trinajstić information content (AvgIpc) is 2.98. The molecule has 0 atom stereocenters. The number of thiazole rings is 1. The number of aromatic nitrogens is 3. The highest BCUT2D eigenvalue weighted by molar-refractivity contribution is 7.14. The Bertz CT molecular complexity index is 645. The van der Waals surface area contributed by atoms with Crippen molar-refractivity contribution in [3.05, 3.63) is 40.3 Å². The van der Waals surface area contributed by atoms with Crippen molar-refractivity contribution < 1.29 is 4.79 Å². The van der Waals surface area contributed by atoms with Crippen molar-refractivity contribution in [3.8, 4) is 0 Å². The number of carbonyl (C=O) groups excluding carboxylic acids is 1. The zero-order valence-corrected chi connectivity index (χ0v) is 9.59. The molecule has 0 N–H and O–H groups in total. The summed E-state index contributed by atoms with van der Waals surface area (Å²) in [6.45, 7) is 0. The van der Waals surface area contributed by atoms with Gasteiger partial charge in [-0.25, -0.2) is 4.98 Å². The van der Waals surface area contributed by atoms with Gasteiger partial charge >= 0.3 is 0 Å². The molecular formula is C10H5N3OS2. The van der Waals surface area contributed by atoms with Gasteiger partial charge in [0.2, 0.25) is 5.78 Å². The minimum atomic E-state index is -0.0633. The molecule has 2 heterocycles. The minimum Gasteiger partial charge on any atom is -0.286 e. The lowest BCUT2D eigenvalue weighted by molar-refractivity contribution is 0.104. The maximum atomic E-state index is 12.1. The number of carbonyl (C=O) groups is 1. The molecule has 1 aromatic carbocycles. The van der Waals surface area contributed by atoms with Crippen molar-refractivity contribution in [1.29, 1.82) is 0 Å². The second kappa shape index (κ2) is 3.73. The van der Waals surface area contributed by atoms with Crippen molar-refractivity contribution in [2.75, 3.05) is 0 Å². The summed E-state index contributed by atoms with van der Waals surface area (Å²) in [6.07, 6.45) is 1.63. The first-order valence-corrected chi connectivity index (χ1v) is 6.17. The molecule has 2 aromatic heterocycles. The molecule has 6 heteroatoms. The number of hydrogen-bond acceptors (Lipinski definition) is 6. The zero-order chi connectivity index (χ0) is 11.0. The molecule has 3 aromatic rings. The fraction of sp³-hybridized carbons (Fsp3) is 0. The van der Waals surface area contributed by atoms with Gasteiger partial charge in [0.1, 0.15) is 5.52 Å². The van der Waals surface area contributed by atoms with Gasteiger partial charge in [0.05, 0.1) is 4.70 Å². The first-order valence-electron chi connectivity index (χ1n) is 4.51. The van der Waals surface area contributed by atoms with Crippen molar-refractivity contribution >= 4 is 38.9 Å². The molecule has 4 nitrogen and oxygen atoms in total. The van der Waals surface area contributed by atoms with E-state index in [1.165, 1.54) is 22.9 Å². The van der Waals surface area contributed by atoms with E-state index in [2.05, 4.69) is 14.6 Å². The van der Waals surface area contributed by atoms with Crippen molar-refractivity contribution in [2.24, 2.45) is 0 Å². The molecule has 0 amide bonds. The number of ketones is 1. The number of benzene rings is 1. The van der Waals surface area contributed by atoms with Gasteiger partial charge in [0, 0.05) is 17.1 Å². The molecule has 0 saturated carbocycles. The van der Waals surface area contributed by atoms with Crippen LogP contribution in [0, 0.1) is 0 Å². The third kappa shape index (κ3) is 1.43. The molecule has 0 unspecified atom stereocenters. The van der Waals surface area contributed by atoms with Crippen LogP contribution < -0.4 is 0 Å². The van der Waals surface area contributed by atoms with Crippen LogP contribution in [0.5, 0.6) is 0 Å². The molecule has 0 aliphatic carbocycles. The molecule has 78 valence electrons. The van der Waals surface area contributed by atoms with E-state index < -0.39 is 0 Å². The summed E-state index contributed by atoms with van der Waals surface area (Å²) in [7, 11) is 0. The smallest absolute Gasteiger partial charge is 0.223 e. The molecule has 0 aliphatic rings. The van der Waals surface area contributed by atoms with Gasteiger partial charge in [0.15, 0.2) is 5.01 Å². The molecular weight excluding hydrogens is 242 g/mol. The van der Waals surface area contributed by atoms with E-state index in [1.54, 1.807) is 17.6 Å². The van der Waals surface area contributed by atoms with Crippen LogP contribution in [0.1, 0.15) is 15.4 Å². The molecule has 3 rings (SSSR count). The first kappa shape index (κ1) is 9.56. The highest BCUT2D eigenvalue weighted by Crippen LogP contribution is 2.23.